The molecule has 118 valence electrons. The molecule has 3 rings (SSSR count). The molecule has 0 saturated heterocycles. The molecule has 1 aromatic rings. The van der Waals surface area contributed by atoms with Crippen molar-refractivity contribution in [3.05, 3.63) is 18.7 Å². The van der Waals surface area contributed by atoms with Crippen LogP contribution in [0.1, 0.15) is 64.7 Å². The van der Waals surface area contributed by atoms with E-state index in [9.17, 15) is 0 Å². The Bertz CT molecular complexity index is 395. The van der Waals surface area contributed by atoms with E-state index in [0.717, 1.165) is 24.4 Å². The van der Waals surface area contributed by atoms with Crippen LogP contribution in [0.25, 0.3) is 0 Å². The lowest BCUT2D eigenvalue weighted by atomic mass is 9.71. The van der Waals surface area contributed by atoms with Crippen LogP contribution in [-0.4, -0.2) is 21.6 Å². The number of hydrogen-bond donors (Lipinski definition) is 1. The minimum absolute atomic E-state index is 0.536. The fourth-order valence-corrected chi connectivity index (χ4v) is 4.62. The van der Waals surface area contributed by atoms with Crippen molar-refractivity contribution in [2.75, 3.05) is 0 Å². The molecule has 1 heterocycles. The molecule has 0 spiro atoms. The van der Waals surface area contributed by atoms with Gasteiger partial charge in [0.2, 0.25) is 0 Å². The summed E-state index contributed by atoms with van der Waals surface area (Å²) in [4.78, 5) is 4.15. The number of aromatic nitrogens is 2. The van der Waals surface area contributed by atoms with Gasteiger partial charge in [0.25, 0.3) is 0 Å². The zero-order valence-electron chi connectivity index (χ0n) is 13.5. The average Bonchev–Trinajstić information content (AvgIpc) is 3.01. The van der Waals surface area contributed by atoms with E-state index in [-0.39, 0.29) is 0 Å². The Kier molecular flexibility index (Phi) is 5.34. The van der Waals surface area contributed by atoms with Crippen molar-refractivity contribution in [1.29, 1.82) is 0 Å². The van der Waals surface area contributed by atoms with E-state index >= 15 is 0 Å². The third-order valence-electron chi connectivity index (χ3n) is 5.62. The minimum atomic E-state index is 0.536. The molecule has 2 aliphatic carbocycles. The largest absolute Gasteiger partial charge is 0.336 e. The predicted octanol–water partition coefficient (Wildman–Crippen LogP) is 4.00. The first-order valence-corrected chi connectivity index (χ1v) is 9.04. The standard InChI is InChI=1S/C18H31N3/c1-15(13-21-12-11-19-14-21)20-18-10-6-5-9-17(18)16-7-3-2-4-8-16/h11-12,14-18,20H,2-10,13H2,1H3. The van der Waals surface area contributed by atoms with Gasteiger partial charge >= 0.3 is 0 Å². The smallest absolute Gasteiger partial charge is 0.0946 e. The van der Waals surface area contributed by atoms with Gasteiger partial charge in [0.05, 0.1) is 6.33 Å². The fourth-order valence-electron chi connectivity index (χ4n) is 4.62. The summed E-state index contributed by atoms with van der Waals surface area (Å²) < 4.78 is 2.19. The summed E-state index contributed by atoms with van der Waals surface area (Å²) >= 11 is 0. The Hall–Kier alpha value is -0.830. The predicted molar refractivity (Wildman–Crippen MR) is 87.1 cm³/mol. The molecule has 3 heteroatoms. The minimum Gasteiger partial charge on any atom is -0.336 e. The first-order chi connectivity index (χ1) is 10.3. The average molecular weight is 289 g/mol. The molecule has 2 fully saturated rings. The SMILES string of the molecule is CC(Cn1ccnc1)NC1CCCCC1C1CCCCC1. The molecule has 2 saturated carbocycles. The third-order valence-corrected chi connectivity index (χ3v) is 5.62. The van der Waals surface area contributed by atoms with Crippen LogP contribution in [0.15, 0.2) is 18.7 Å². The van der Waals surface area contributed by atoms with Crippen molar-refractivity contribution in [3.8, 4) is 0 Å². The third kappa shape index (κ3) is 4.09. The van der Waals surface area contributed by atoms with E-state index in [1.807, 2.05) is 12.5 Å². The number of imidazole rings is 1. The summed E-state index contributed by atoms with van der Waals surface area (Å²) in [5, 5.41) is 3.96. The maximum atomic E-state index is 4.15. The van der Waals surface area contributed by atoms with Crippen molar-refractivity contribution in [2.24, 2.45) is 11.8 Å². The van der Waals surface area contributed by atoms with E-state index in [0.29, 0.717) is 6.04 Å². The highest BCUT2D eigenvalue weighted by Crippen LogP contribution is 2.38. The Labute approximate surface area is 129 Å². The Morgan fingerprint density at radius 3 is 2.62 bits per heavy atom. The van der Waals surface area contributed by atoms with Crippen LogP contribution in [0.2, 0.25) is 0 Å². The molecule has 2 aliphatic rings. The molecule has 1 N–H and O–H groups in total. The summed E-state index contributed by atoms with van der Waals surface area (Å²) in [6, 6.07) is 1.29. The Morgan fingerprint density at radius 2 is 1.86 bits per heavy atom. The first kappa shape index (κ1) is 15.1. The van der Waals surface area contributed by atoms with Crippen LogP contribution in [0.5, 0.6) is 0 Å². The van der Waals surface area contributed by atoms with Crippen LogP contribution in [0, 0.1) is 11.8 Å². The number of hydrogen-bond acceptors (Lipinski definition) is 2. The monoisotopic (exact) mass is 289 g/mol. The van der Waals surface area contributed by atoms with Crippen LogP contribution < -0.4 is 5.32 Å². The highest BCUT2D eigenvalue weighted by Gasteiger charge is 2.32. The lowest BCUT2D eigenvalue weighted by molar-refractivity contribution is 0.141. The quantitative estimate of drug-likeness (QED) is 0.888. The second-order valence-electron chi connectivity index (χ2n) is 7.28. The van der Waals surface area contributed by atoms with Gasteiger partial charge in [-0.25, -0.2) is 4.98 Å². The maximum absolute atomic E-state index is 4.15. The van der Waals surface area contributed by atoms with Crippen LogP contribution in [-0.2, 0) is 6.54 Å². The fraction of sp³-hybridized carbons (Fsp3) is 0.833. The van der Waals surface area contributed by atoms with Gasteiger partial charge in [-0.2, -0.15) is 0 Å². The summed E-state index contributed by atoms with van der Waals surface area (Å²) in [6.07, 6.45) is 19.0. The Morgan fingerprint density at radius 1 is 1.10 bits per heavy atom. The summed E-state index contributed by atoms with van der Waals surface area (Å²) in [5.41, 5.74) is 0. The van der Waals surface area contributed by atoms with Gasteiger partial charge in [0, 0.05) is 31.0 Å². The van der Waals surface area contributed by atoms with Crippen LogP contribution in [0.3, 0.4) is 0 Å². The van der Waals surface area contributed by atoms with Gasteiger partial charge in [-0.05, 0) is 31.6 Å². The van der Waals surface area contributed by atoms with Gasteiger partial charge in [-0.3, -0.25) is 0 Å². The van der Waals surface area contributed by atoms with Crippen molar-refractivity contribution < 1.29 is 0 Å². The molecule has 0 bridgehead atoms. The number of rotatable bonds is 5. The van der Waals surface area contributed by atoms with Crippen molar-refractivity contribution in [3.63, 3.8) is 0 Å². The number of nitrogens with zero attached hydrogens (tertiary/aromatic N) is 2. The van der Waals surface area contributed by atoms with E-state index < -0.39 is 0 Å². The molecule has 21 heavy (non-hydrogen) atoms. The Balaban J connectivity index is 1.55. The molecular formula is C18H31N3. The van der Waals surface area contributed by atoms with Gasteiger partial charge in [0.1, 0.15) is 0 Å². The molecule has 0 radical (unpaired) electrons. The molecule has 0 aliphatic heterocycles. The van der Waals surface area contributed by atoms with Crippen LogP contribution >= 0.6 is 0 Å². The van der Waals surface area contributed by atoms with Gasteiger partial charge < -0.3 is 9.88 Å². The van der Waals surface area contributed by atoms with Crippen molar-refractivity contribution >= 4 is 0 Å². The molecule has 3 atom stereocenters. The molecule has 3 nitrogen and oxygen atoms in total. The lowest BCUT2D eigenvalue weighted by Gasteiger charge is -2.40. The molecule has 3 unspecified atom stereocenters. The molecule has 0 amide bonds. The van der Waals surface area contributed by atoms with E-state index in [1.165, 1.54) is 57.8 Å². The van der Waals surface area contributed by atoms with E-state index in [4.69, 9.17) is 0 Å². The van der Waals surface area contributed by atoms with Gasteiger partial charge in [-0.1, -0.05) is 44.9 Å². The zero-order chi connectivity index (χ0) is 14.5. The lowest BCUT2D eigenvalue weighted by Crippen LogP contribution is -2.47. The van der Waals surface area contributed by atoms with E-state index in [2.05, 4.69) is 28.0 Å². The second-order valence-corrected chi connectivity index (χ2v) is 7.28. The summed E-state index contributed by atoms with van der Waals surface area (Å²) in [5.74, 6) is 1.93. The first-order valence-electron chi connectivity index (χ1n) is 9.04. The summed E-state index contributed by atoms with van der Waals surface area (Å²) in [6.45, 7) is 3.36. The second kappa shape index (κ2) is 7.44. The highest BCUT2D eigenvalue weighted by atomic mass is 15.1. The van der Waals surface area contributed by atoms with Crippen molar-refractivity contribution in [1.82, 2.24) is 14.9 Å². The van der Waals surface area contributed by atoms with Crippen molar-refractivity contribution in [2.45, 2.75) is 83.3 Å². The summed E-state index contributed by atoms with van der Waals surface area (Å²) in [7, 11) is 0. The highest BCUT2D eigenvalue weighted by molar-refractivity contribution is 4.88. The molecule has 1 aromatic heterocycles. The zero-order valence-corrected chi connectivity index (χ0v) is 13.5. The topological polar surface area (TPSA) is 29.9 Å². The maximum Gasteiger partial charge on any atom is 0.0946 e. The van der Waals surface area contributed by atoms with Gasteiger partial charge in [0.15, 0.2) is 0 Å². The van der Waals surface area contributed by atoms with Crippen LogP contribution in [0.4, 0.5) is 0 Å². The van der Waals surface area contributed by atoms with Gasteiger partial charge in [-0.15, -0.1) is 0 Å². The molecular weight excluding hydrogens is 258 g/mol. The normalized spacial score (nSPS) is 29.4. The van der Waals surface area contributed by atoms with E-state index in [1.54, 1.807) is 0 Å². The number of nitrogens with one attached hydrogen (secondary N) is 1. The molecule has 0 aromatic carbocycles.